The number of carbonyl (C=O) groups is 1. The molecule has 21 heavy (non-hydrogen) atoms. The minimum Gasteiger partial charge on any atom is -0.507 e. The number of rotatable bonds is 2. The van der Waals surface area contributed by atoms with Crippen molar-refractivity contribution in [3.63, 3.8) is 0 Å². The Kier molecular flexibility index (Phi) is 3.55. The van der Waals surface area contributed by atoms with Gasteiger partial charge in [0.1, 0.15) is 5.75 Å². The van der Waals surface area contributed by atoms with Crippen LogP contribution < -0.4 is 0 Å². The summed E-state index contributed by atoms with van der Waals surface area (Å²) in [4.78, 5) is 14.3. The minimum atomic E-state index is -0.166. The molecule has 1 N–H and O–H groups in total. The molecule has 1 saturated heterocycles. The molecule has 2 atom stereocenters. The van der Waals surface area contributed by atoms with Crippen molar-refractivity contribution in [1.82, 2.24) is 4.90 Å². The largest absolute Gasteiger partial charge is 0.507 e. The average Bonchev–Trinajstić information content (AvgIpc) is 2.91. The Morgan fingerprint density at radius 2 is 1.95 bits per heavy atom. The molecule has 2 unspecified atom stereocenters. The van der Waals surface area contributed by atoms with Crippen LogP contribution in [-0.2, 0) is 4.74 Å². The minimum absolute atomic E-state index is 0.0251. The summed E-state index contributed by atoms with van der Waals surface area (Å²) in [6.07, 6.45) is 0.860. The van der Waals surface area contributed by atoms with Crippen LogP contribution in [0.1, 0.15) is 23.7 Å². The lowest BCUT2D eigenvalue weighted by molar-refractivity contribution is 0.0572. The second-order valence-electron chi connectivity index (χ2n) is 5.56. The Labute approximate surface area is 123 Å². The van der Waals surface area contributed by atoms with Crippen LogP contribution in [0.4, 0.5) is 0 Å². The number of ether oxygens (including phenoxy) is 1. The smallest absolute Gasteiger partial charge is 0.257 e. The molecule has 2 aromatic carbocycles. The summed E-state index contributed by atoms with van der Waals surface area (Å²) in [5.74, 6) is -0.141. The molecule has 1 aliphatic heterocycles. The standard InChI is InChI=1S/C17H19NO3/c1-11-15(7-8-21-11)18(2)17(20)14-9-12-5-3-4-6-13(12)10-16(14)19/h3-6,9-11,15,19H,7-8H2,1-2H3. The van der Waals surface area contributed by atoms with Gasteiger partial charge in [-0.1, -0.05) is 24.3 Å². The Morgan fingerprint density at radius 3 is 2.57 bits per heavy atom. The van der Waals surface area contributed by atoms with E-state index in [9.17, 15) is 9.90 Å². The number of fused-ring (bicyclic) bond motifs is 1. The monoisotopic (exact) mass is 285 g/mol. The van der Waals surface area contributed by atoms with Crippen molar-refractivity contribution in [3.8, 4) is 5.75 Å². The van der Waals surface area contributed by atoms with Crippen LogP contribution >= 0.6 is 0 Å². The van der Waals surface area contributed by atoms with Crippen molar-refractivity contribution >= 4 is 16.7 Å². The van der Waals surface area contributed by atoms with E-state index in [0.29, 0.717) is 12.2 Å². The highest BCUT2D eigenvalue weighted by atomic mass is 16.5. The van der Waals surface area contributed by atoms with E-state index in [-0.39, 0.29) is 23.8 Å². The average molecular weight is 285 g/mol. The number of phenolic OH excluding ortho intramolecular Hbond substituents is 1. The number of phenols is 1. The molecule has 1 amide bonds. The Balaban J connectivity index is 1.95. The van der Waals surface area contributed by atoms with Crippen LogP contribution in [0.15, 0.2) is 36.4 Å². The van der Waals surface area contributed by atoms with Gasteiger partial charge in [-0.3, -0.25) is 4.79 Å². The third kappa shape index (κ3) is 2.47. The Morgan fingerprint density at radius 1 is 1.29 bits per heavy atom. The number of nitrogens with zero attached hydrogens (tertiary/aromatic N) is 1. The fourth-order valence-electron chi connectivity index (χ4n) is 2.97. The van der Waals surface area contributed by atoms with Gasteiger partial charge in [0.2, 0.25) is 0 Å². The van der Waals surface area contributed by atoms with E-state index >= 15 is 0 Å². The van der Waals surface area contributed by atoms with Crippen LogP contribution in [0.2, 0.25) is 0 Å². The zero-order valence-corrected chi connectivity index (χ0v) is 12.2. The third-order valence-electron chi connectivity index (χ3n) is 4.25. The number of likely N-dealkylation sites (N-methyl/N-ethyl adjacent to an activating group) is 1. The topological polar surface area (TPSA) is 49.8 Å². The van der Waals surface area contributed by atoms with E-state index in [4.69, 9.17) is 4.74 Å². The maximum Gasteiger partial charge on any atom is 0.257 e. The summed E-state index contributed by atoms with van der Waals surface area (Å²) in [6, 6.07) is 11.1. The van der Waals surface area contributed by atoms with Crippen molar-refractivity contribution in [1.29, 1.82) is 0 Å². The summed E-state index contributed by atoms with van der Waals surface area (Å²) in [6.45, 7) is 2.65. The van der Waals surface area contributed by atoms with Gasteiger partial charge in [-0.25, -0.2) is 0 Å². The predicted molar refractivity (Wildman–Crippen MR) is 81.5 cm³/mol. The van der Waals surface area contributed by atoms with Crippen LogP contribution in [0.25, 0.3) is 10.8 Å². The maximum absolute atomic E-state index is 12.7. The van der Waals surface area contributed by atoms with Crippen molar-refractivity contribution in [2.75, 3.05) is 13.7 Å². The summed E-state index contributed by atoms with van der Waals surface area (Å²) in [5, 5.41) is 12.0. The summed E-state index contributed by atoms with van der Waals surface area (Å²) < 4.78 is 5.52. The molecule has 1 fully saturated rings. The van der Waals surface area contributed by atoms with Gasteiger partial charge < -0.3 is 14.7 Å². The van der Waals surface area contributed by atoms with E-state index < -0.39 is 0 Å². The quantitative estimate of drug-likeness (QED) is 0.923. The molecule has 0 bridgehead atoms. The van der Waals surface area contributed by atoms with Crippen LogP contribution in [0, 0.1) is 0 Å². The molecule has 0 spiro atoms. The fraction of sp³-hybridized carbons (Fsp3) is 0.353. The number of amides is 1. The Bertz CT molecular complexity index is 683. The second-order valence-corrected chi connectivity index (χ2v) is 5.56. The summed E-state index contributed by atoms with van der Waals surface area (Å²) in [7, 11) is 1.77. The summed E-state index contributed by atoms with van der Waals surface area (Å²) >= 11 is 0. The van der Waals surface area contributed by atoms with Gasteiger partial charge in [0, 0.05) is 13.7 Å². The lowest BCUT2D eigenvalue weighted by Gasteiger charge is -2.27. The van der Waals surface area contributed by atoms with E-state index in [1.54, 1.807) is 24.1 Å². The molecule has 0 aliphatic carbocycles. The van der Waals surface area contributed by atoms with Gasteiger partial charge in [0.05, 0.1) is 17.7 Å². The molecular weight excluding hydrogens is 266 g/mol. The second kappa shape index (κ2) is 5.37. The van der Waals surface area contributed by atoms with Gasteiger partial charge in [0.25, 0.3) is 5.91 Å². The van der Waals surface area contributed by atoms with Crippen molar-refractivity contribution < 1.29 is 14.6 Å². The van der Waals surface area contributed by atoms with Crippen molar-refractivity contribution in [3.05, 3.63) is 42.0 Å². The SMILES string of the molecule is CC1OCCC1N(C)C(=O)c1cc2ccccc2cc1O. The molecule has 4 heteroatoms. The molecule has 1 heterocycles. The zero-order valence-electron chi connectivity index (χ0n) is 12.2. The van der Waals surface area contributed by atoms with Crippen molar-refractivity contribution in [2.24, 2.45) is 0 Å². The first-order valence-corrected chi connectivity index (χ1v) is 7.18. The van der Waals surface area contributed by atoms with Gasteiger partial charge in [-0.15, -0.1) is 0 Å². The van der Waals surface area contributed by atoms with E-state index in [2.05, 4.69) is 0 Å². The highest BCUT2D eigenvalue weighted by Gasteiger charge is 2.31. The predicted octanol–water partition coefficient (Wildman–Crippen LogP) is 2.79. The number of hydrogen-bond acceptors (Lipinski definition) is 3. The first-order valence-electron chi connectivity index (χ1n) is 7.18. The molecule has 4 nitrogen and oxygen atoms in total. The first-order chi connectivity index (χ1) is 10.1. The maximum atomic E-state index is 12.7. The zero-order chi connectivity index (χ0) is 15.0. The van der Waals surface area contributed by atoms with E-state index in [1.807, 2.05) is 31.2 Å². The number of carbonyl (C=O) groups excluding carboxylic acids is 1. The van der Waals surface area contributed by atoms with E-state index in [0.717, 1.165) is 17.2 Å². The number of hydrogen-bond donors (Lipinski definition) is 1. The molecule has 110 valence electrons. The molecule has 3 rings (SSSR count). The number of benzene rings is 2. The highest BCUT2D eigenvalue weighted by molar-refractivity contribution is 6.01. The molecule has 0 aromatic heterocycles. The highest BCUT2D eigenvalue weighted by Crippen LogP contribution is 2.28. The Hall–Kier alpha value is -2.07. The molecular formula is C17H19NO3. The van der Waals surface area contributed by atoms with Crippen molar-refractivity contribution in [2.45, 2.75) is 25.5 Å². The van der Waals surface area contributed by atoms with Gasteiger partial charge >= 0.3 is 0 Å². The first kappa shape index (κ1) is 13.9. The van der Waals surface area contributed by atoms with Gasteiger partial charge in [-0.05, 0) is 36.2 Å². The van der Waals surface area contributed by atoms with Gasteiger partial charge in [0.15, 0.2) is 0 Å². The third-order valence-corrected chi connectivity index (χ3v) is 4.25. The van der Waals surface area contributed by atoms with Crippen LogP contribution in [-0.4, -0.2) is 41.7 Å². The normalized spacial score (nSPS) is 21.6. The molecule has 2 aromatic rings. The lowest BCUT2D eigenvalue weighted by Crippen LogP contribution is -2.41. The fourth-order valence-corrected chi connectivity index (χ4v) is 2.97. The number of aromatic hydroxyl groups is 1. The van der Waals surface area contributed by atoms with E-state index in [1.165, 1.54) is 0 Å². The molecule has 0 saturated carbocycles. The van der Waals surface area contributed by atoms with Crippen LogP contribution in [0.3, 0.4) is 0 Å². The molecule has 0 radical (unpaired) electrons. The summed E-state index contributed by atoms with van der Waals surface area (Å²) in [5.41, 5.74) is 0.343. The molecule has 1 aliphatic rings. The van der Waals surface area contributed by atoms with Crippen LogP contribution in [0.5, 0.6) is 5.75 Å². The lowest BCUT2D eigenvalue weighted by atomic mass is 10.0. The van der Waals surface area contributed by atoms with Gasteiger partial charge in [-0.2, -0.15) is 0 Å².